The molecule has 0 spiro atoms. The first-order valence-electron chi connectivity index (χ1n) is 9.25. The summed E-state index contributed by atoms with van der Waals surface area (Å²) in [6.45, 7) is 0. The van der Waals surface area contributed by atoms with Gasteiger partial charge in [0, 0.05) is 22.6 Å². The van der Waals surface area contributed by atoms with Crippen molar-refractivity contribution in [2.45, 2.75) is 12.0 Å². The van der Waals surface area contributed by atoms with Crippen LogP contribution in [0.2, 0.25) is 5.02 Å². The summed E-state index contributed by atoms with van der Waals surface area (Å²) in [5.41, 5.74) is 4.29. The smallest absolute Gasteiger partial charge is 0.155 e. The van der Waals surface area contributed by atoms with Gasteiger partial charge in [0.05, 0.1) is 0 Å². The Balaban J connectivity index is 1.69. The zero-order valence-corrected chi connectivity index (χ0v) is 15.8. The molecule has 1 atom stereocenters. The van der Waals surface area contributed by atoms with Gasteiger partial charge in [0.1, 0.15) is 11.3 Å². The maximum Gasteiger partial charge on any atom is 0.155 e. The molecule has 3 aromatic rings. The Morgan fingerprint density at radius 2 is 1.43 bits per heavy atom. The lowest BCUT2D eigenvalue weighted by molar-refractivity contribution is 0.572. The second-order valence-electron chi connectivity index (χ2n) is 7.13. The maximum atomic E-state index is 15.6. The van der Waals surface area contributed by atoms with E-state index in [9.17, 15) is 0 Å². The fourth-order valence-electron chi connectivity index (χ4n) is 4.10. The summed E-state index contributed by atoms with van der Waals surface area (Å²) in [7, 11) is 0. The second kappa shape index (κ2) is 6.57. The normalized spacial score (nSPS) is 20.8. The summed E-state index contributed by atoms with van der Waals surface area (Å²) < 4.78 is 15.6. The van der Waals surface area contributed by atoms with E-state index in [1.54, 1.807) is 12.1 Å². The number of hydrogen-bond acceptors (Lipinski definition) is 1. The molecule has 5 rings (SSSR count). The standard InChI is InChI=1S/C25H17ClFN/c26-21-13-11-18(12-14-21)24-23(27)22-15-19(17-7-3-1-4-8-17)16-25(22,28-24)20-9-5-2-6-10-20/h1-15H,16H2. The largest absolute Gasteiger partial charge is 0.265 e. The molecule has 0 aromatic heterocycles. The van der Waals surface area contributed by atoms with Crippen molar-refractivity contribution in [3.05, 3.63) is 124 Å². The van der Waals surface area contributed by atoms with E-state index in [1.165, 1.54) is 0 Å². The van der Waals surface area contributed by atoms with E-state index >= 15 is 4.39 Å². The van der Waals surface area contributed by atoms with Crippen LogP contribution in [0.25, 0.3) is 5.57 Å². The summed E-state index contributed by atoms with van der Waals surface area (Å²) >= 11 is 6.01. The Morgan fingerprint density at radius 3 is 2.11 bits per heavy atom. The molecular weight excluding hydrogens is 369 g/mol. The lowest BCUT2D eigenvalue weighted by atomic mass is 9.84. The molecule has 136 valence electrons. The molecule has 2 aliphatic rings. The fraction of sp³-hybridized carbons (Fsp3) is 0.0800. The lowest BCUT2D eigenvalue weighted by Gasteiger charge is -2.25. The van der Waals surface area contributed by atoms with Crippen molar-refractivity contribution in [3.8, 4) is 0 Å². The average Bonchev–Trinajstić information content (AvgIpc) is 3.26. The van der Waals surface area contributed by atoms with Gasteiger partial charge in [-0.05, 0) is 34.9 Å². The summed E-state index contributed by atoms with van der Waals surface area (Å²) in [6, 6.07) is 27.3. The monoisotopic (exact) mass is 385 g/mol. The number of benzene rings is 3. The van der Waals surface area contributed by atoms with E-state index in [4.69, 9.17) is 16.6 Å². The van der Waals surface area contributed by atoms with Gasteiger partial charge in [-0.2, -0.15) is 0 Å². The number of fused-ring (bicyclic) bond motifs is 1. The van der Waals surface area contributed by atoms with Crippen molar-refractivity contribution in [1.82, 2.24) is 0 Å². The molecule has 0 amide bonds. The highest BCUT2D eigenvalue weighted by atomic mass is 35.5. The van der Waals surface area contributed by atoms with Gasteiger partial charge in [0.15, 0.2) is 5.83 Å². The quantitative estimate of drug-likeness (QED) is 0.473. The number of nitrogens with zero attached hydrogens (tertiary/aromatic N) is 1. The van der Waals surface area contributed by atoms with E-state index in [1.807, 2.05) is 66.7 Å². The van der Waals surface area contributed by atoms with Crippen LogP contribution in [-0.2, 0) is 5.54 Å². The molecule has 1 aliphatic carbocycles. The topological polar surface area (TPSA) is 12.4 Å². The molecule has 1 heterocycles. The highest BCUT2D eigenvalue weighted by Gasteiger charge is 2.47. The summed E-state index contributed by atoms with van der Waals surface area (Å²) in [5, 5.41) is 0.625. The van der Waals surface area contributed by atoms with E-state index in [0.29, 0.717) is 22.7 Å². The van der Waals surface area contributed by atoms with Crippen LogP contribution in [0.3, 0.4) is 0 Å². The predicted molar refractivity (Wildman–Crippen MR) is 113 cm³/mol. The number of hydrogen-bond donors (Lipinski definition) is 0. The molecule has 3 aromatic carbocycles. The van der Waals surface area contributed by atoms with Crippen molar-refractivity contribution < 1.29 is 4.39 Å². The summed E-state index contributed by atoms with van der Waals surface area (Å²) in [5.74, 6) is -0.253. The van der Waals surface area contributed by atoms with Crippen LogP contribution in [0.15, 0.2) is 107 Å². The first-order valence-corrected chi connectivity index (χ1v) is 9.63. The summed E-state index contributed by atoms with van der Waals surface area (Å²) in [6.07, 6.45) is 2.62. The maximum absolute atomic E-state index is 15.6. The van der Waals surface area contributed by atoms with E-state index < -0.39 is 5.54 Å². The van der Waals surface area contributed by atoms with Crippen molar-refractivity contribution in [3.63, 3.8) is 0 Å². The van der Waals surface area contributed by atoms with Crippen LogP contribution in [0, 0.1) is 0 Å². The van der Waals surface area contributed by atoms with Gasteiger partial charge in [-0.15, -0.1) is 0 Å². The zero-order valence-electron chi connectivity index (χ0n) is 15.1. The second-order valence-corrected chi connectivity index (χ2v) is 7.57. The molecule has 28 heavy (non-hydrogen) atoms. The van der Waals surface area contributed by atoms with Crippen molar-refractivity contribution in [1.29, 1.82) is 0 Å². The molecule has 0 saturated heterocycles. The minimum atomic E-state index is -0.717. The van der Waals surface area contributed by atoms with Gasteiger partial charge in [0.2, 0.25) is 0 Å². The number of rotatable bonds is 3. The molecule has 0 N–H and O–H groups in total. The molecule has 1 nitrogen and oxygen atoms in total. The minimum absolute atomic E-state index is 0.253. The SMILES string of the molecule is FC1=C2C=C(c3ccccc3)CC2(c2ccccc2)N=C1c1ccc(Cl)cc1. The molecule has 1 aliphatic heterocycles. The van der Waals surface area contributed by atoms with E-state index in [0.717, 1.165) is 22.3 Å². The third kappa shape index (κ3) is 2.64. The van der Waals surface area contributed by atoms with Crippen LogP contribution in [-0.4, -0.2) is 5.71 Å². The van der Waals surface area contributed by atoms with Crippen LogP contribution in [0.4, 0.5) is 4.39 Å². The Bertz CT molecular complexity index is 1130. The third-order valence-corrected chi connectivity index (χ3v) is 5.72. The Morgan fingerprint density at radius 1 is 0.786 bits per heavy atom. The summed E-state index contributed by atoms with van der Waals surface area (Å²) in [4.78, 5) is 4.98. The lowest BCUT2D eigenvalue weighted by Crippen LogP contribution is -2.20. The number of aliphatic imine (C=N–C) groups is 1. The van der Waals surface area contributed by atoms with Gasteiger partial charge in [-0.25, -0.2) is 4.39 Å². The van der Waals surface area contributed by atoms with Crippen LogP contribution < -0.4 is 0 Å². The van der Waals surface area contributed by atoms with Crippen LogP contribution in [0.5, 0.6) is 0 Å². The van der Waals surface area contributed by atoms with Crippen molar-refractivity contribution >= 4 is 22.9 Å². The molecule has 0 fully saturated rings. The average molecular weight is 386 g/mol. The Labute approximate surface area is 168 Å². The highest BCUT2D eigenvalue weighted by molar-refractivity contribution is 6.30. The fourth-order valence-corrected chi connectivity index (χ4v) is 4.23. The van der Waals surface area contributed by atoms with Gasteiger partial charge in [0.25, 0.3) is 0 Å². The molecule has 1 unspecified atom stereocenters. The first kappa shape index (κ1) is 17.2. The van der Waals surface area contributed by atoms with Gasteiger partial charge in [-0.3, -0.25) is 4.99 Å². The Hall–Kier alpha value is -2.97. The van der Waals surface area contributed by atoms with E-state index in [-0.39, 0.29) is 5.83 Å². The van der Waals surface area contributed by atoms with Crippen molar-refractivity contribution in [2.75, 3.05) is 0 Å². The number of allylic oxidation sites excluding steroid dienone is 1. The third-order valence-electron chi connectivity index (χ3n) is 5.47. The van der Waals surface area contributed by atoms with Gasteiger partial charge >= 0.3 is 0 Å². The predicted octanol–water partition coefficient (Wildman–Crippen LogP) is 6.75. The molecule has 0 bridgehead atoms. The molecular formula is C25H17ClFN. The van der Waals surface area contributed by atoms with Crippen LogP contribution in [0.1, 0.15) is 23.1 Å². The molecule has 0 saturated carbocycles. The zero-order chi connectivity index (χ0) is 19.1. The van der Waals surface area contributed by atoms with Crippen molar-refractivity contribution in [2.24, 2.45) is 4.99 Å². The first-order chi connectivity index (χ1) is 13.7. The number of halogens is 2. The Kier molecular flexibility index (Phi) is 4.03. The van der Waals surface area contributed by atoms with E-state index in [2.05, 4.69) is 12.1 Å². The molecule has 0 radical (unpaired) electrons. The highest BCUT2D eigenvalue weighted by Crippen LogP contribution is 2.53. The van der Waals surface area contributed by atoms with Gasteiger partial charge < -0.3 is 0 Å². The molecule has 3 heteroatoms. The van der Waals surface area contributed by atoms with Gasteiger partial charge in [-0.1, -0.05) is 84.4 Å². The minimum Gasteiger partial charge on any atom is -0.265 e. The van der Waals surface area contributed by atoms with Crippen LogP contribution >= 0.6 is 11.6 Å².